The largest absolute Gasteiger partial charge is 0.350 e. The van der Waals surface area contributed by atoms with Crippen molar-refractivity contribution in [3.05, 3.63) is 35.9 Å². The number of amides is 1. The lowest BCUT2D eigenvalue weighted by molar-refractivity contribution is -0.124. The van der Waals surface area contributed by atoms with Gasteiger partial charge in [0.1, 0.15) is 6.04 Å². The van der Waals surface area contributed by atoms with Gasteiger partial charge in [-0.3, -0.25) is 4.79 Å². The van der Waals surface area contributed by atoms with Crippen LogP contribution in [0.5, 0.6) is 0 Å². The van der Waals surface area contributed by atoms with Crippen LogP contribution in [0.4, 0.5) is 0 Å². The highest BCUT2D eigenvalue weighted by Crippen LogP contribution is 2.13. The van der Waals surface area contributed by atoms with Crippen molar-refractivity contribution in [3.63, 3.8) is 0 Å². The molecule has 1 amide bonds. The molecule has 0 saturated heterocycles. The van der Waals surface area contributed by atoms with Crippen LogP contribution >= 0.6 is 0 Å². The topological polar surface area (TPSA) is 41.1 Å². The summed E-state index contributed by atoms with van der Waals surface area (Å²) in [5, 5.41) is 6.00. The van der Waals surface area contributed by atoms with Crippen LogP contribution < -0.4 is 10.6 Å². The van der Waals surface area contributed by atoms with Crippen LogP contribution in [0, 0.1) is 0 Å². The molecule has 0 bridgehead atoms. The summed E-state index contributed by atoms with van der Waals surface area (Å²) in [5.41, 5.74) is 0.771. The zero-order valence-corrected chi connectivity index (χ0v) is 10.4. The van der Waals surface area contributed by atoms with Gasteiger partial charge in [0.05, 0.1) is 0 Å². The molecule has 0 radical (unpaired) electrons. The molecule has 0 aliphatic carbocycles. The van der Waals surface area contributed by atoms with E-state index in [0.717, 1.165) is 5.56 Å². The van der Waals surface area contributed by atoms with Crippen molar-refractivity contribution in [2.45, 2.75) is 32.4 Å². The number of hydrogen-bond acceptors (Lipinski definition) is 2. The van der Waals surface area contributed by atoms with Crippen molar-refractivity contribution in [1.29, 1.82) is 0 Å². The van der Waals surface area contributed by atoms with Crippen molar-refractivity contribution in [3.8, 4) is 0 Å². The van der Waals surface area contributed by atoms with Gasteiger partial charge in [-0.2, -0.15) is 0 Å². The molecule has 2 N–H and O–H groups in total. The van der Waals surface area contributed by atoms with Crippen LogP contribution in [0.2, 0.25) is 0 Å². The Balaban J connectivity index is 2.80. The fourth-order valence-corrected chi connectivity index (χ4v) is 1.54. The fourth-order valence-electron chi connectivity index (χ4n) is 1.54. The van der Waals surface area contributed by atoms with Crippen LogP contribution in [0.1, 0.15) is 32.4 Å². The summed E-state index contributed by atoms with van der Waals surface area (Å²) in [7, 11) is 1.79. The van der Waals surface area contributed by atoms with Gasteiger partial charge >= 0.3 is 0 Å². The highest BCUT2D eigenvalue weighted by Gasteiger charge is 2.22. The Morgan fingerprint density at radius 1 is 1.19 bits per heavy atom. The van der Waals surface area contributed by atoms with E-state index in [-0.39, 0.29) is 17.5 Å². The molecule has 0 fully saturated rings. The Kier molecular flexibility index (Phi) is 4.07. The first-order valence-electron chi connectivity index (χ1n) is 5.48. The predicted octanol–water partition coefficient (Wildman–Crippen LogP) is 1.86. The summed E-state index contributed by atoms with van der Waals surface area (Å²) < 4.78 is 0. The molecule has 1 rings (SSSR count). The molecule has 16 heavy (non-hydrogen) atoms. The summed E-state index contributed by atoms with van der Waals surface area (Å²) in [4.78, 5) is 12.0. The average Bonchev–Trinajstić information content (AvgIpc) is 2.17. The molecule has 1 atom stereocenters. The van der Waals surface area contributed by atoms with Crippen molar-refractivity contribution >= 4 is 5.91 Å². The van der Waals surface area contributed by atoms with Gasteiger partial charge in [-0.05, 0) is 33.4 Å². The molecular formula is C13H20N2O. The molecule has 3 nitrogen and oxygen atoms in total. The van der Waals surface area contributed by atoms with E-state index in [1.54, 1.807) is 7.05 Å². The van der Waals surface area contributed by atoms with Crippen LogP contribution in [0.3, 0.4) is 0 Å². The highest BCUT2D eigenvalue weighted by atomic mass is 16.2. The molecule has 0 heterocycles. The van der Waals surface area contributed by atoms with Crippen LogP contribution in [0.25, 0.3) is 0 Å². The Hall–Kier alpha value is -1.35. The van der Waals surface area contributed by atoms with Crippen molar-refractivity contribution in [2.75, 3.05) is 7.05 Å². The smallest absolute Gasteiger partial charge is 0.242 e. The summed E-state index contributed by atoms with van der Waals surface area (Å²) in [6.45, 7) is 5.92. The second-order valence-corrected chi connectivity index (χ2v) is 4.87. The average molecular weight is 220 g/mol. The number of carbonyl (C=O) groups is 1. The standard InChI is InChI=1S/C13H20N2O/c1-13(2,3)15-12(16)11(14-4)10-8-6-5-7-9-10/h5-9,11,14H,1-4H3,(H,15,16). The van der Waals surface area contributed by atoms with E-state index in [0.29, 0.717) is 0 Å². The van der Waals surface area contributed by atoms with E-state index in [1.165, 1.54) is 0 Å². The second-order valence-electron chi connectivity index (χ2n) is 4.87. The Morgan fingerprint density at radius 3 is 2.19 bits per heavy atom. The molecule has 1 aromatic rings. The molecule has 0 saturated carbocycles. The van der Waals surface area contributed by atoms with Gasteiger partial charge in [0.2, 0.25) is 5.91 Å². The Labute approximate surface area is 97.2 Å². The van der Waals surface area contributed by atoms with Crippen molar-refractivity contribution in [1.82, 2.24) is 10.6 Å². The normalized spacial score (nSPS) is 13.2. The van der Waals surface area contributed by atoms with Gasteiger partial charge in [-0.1, -0.05) is 30.3 Å². The number of likely N-dealkylation sites (N-methyl/N-ethyl adjacent to an activating group) is 1. The van der Waals surface area contributed by atoms with Gasteiger partial charge in [0.15, 0.2) is 0 Å². The molecule has 88 valence electrons. The zero-order chi connectivity index (χ0) is 12.2. The predicted molar refractivity (Wildman–Crippen MR) is 66.1 cm³/mol. The monoisotopic (exact) mass is 220 g/mol. The minimum absolute atomic E-state index is 0.00111. The molecule has 3 heteroatoms. The van der Waals surface area contributed by atoms with E-state index < -0.39 is 0 Å². The molecular weight excluding hydrogens is 200 g/mol. The number of carbonyl (C=O) groups excluding carboxylic acids is 1. The number of rotatable bonds is 3. The van der Waals surface area contributed by atoms with Crippen molar-refractivity contribution in [2.24, 2.45) is 0 Å². The highest BCUT2D eigenvalue weighted by molar-refractivity contribution is 5.83. The maximum Gasteiger partial charge on any atom is 0.242 e. The second kappa shape index (κ2) is 5.12. The van der Waals surface area contributed by atoms with Crippen LogP contribution in [-0.2, 0) is 4.79 Å². The van der Waals surface area contributed by atoms with Gasteiger partial charge < -0.3 is 10.6 Å². The van der Waals surface area contributed by atoms with E-state index in [4.69, 9.17) is 0 Å². The lowest BCUT2D eigenvalue weighted by atomic mass is 10.0. The van der Waals surface area contributed by atoms with Gasteiger partial charge in [0.25, 0.3) is 0 Å². The maximum absolute atomic E-state index is 12.0. The molecule has 1 aromatic carbocycles. The molecule has 1 unspecified atom stereocenters. The van der Waals surface area contributed by atoms with E-state index in [2.05, 4.69) is 10.6 Å². The quantitative estimate of drug-likeness (QED) is 0.816. The first kappa shape index (κ1) is 12.7. The summed E-state index contributed by atoms with van der Waals surface area (Å²) in [6.07, 6.45) is 0. The SMILES string of the molecule is CNC(C(=O)NC(C)(C)C)c1ccccc1. The Bertz CT molecular complexity index is 341. The third-order valence-corrected chi connectivity index (χ3v) is 2.18. The lowest BCUT2D eigenvalue weighted by Gasteiger charge is -2.24. The lowest BCUT2D eigenvalue weighted by Crippen LogP contribution is -2.45. The maximum atomic E-state index is 12.0. The van der Waals surface area contributed by atoms with Gasteiger partial charge in [-0.15, -0.1) is 0 Å². The van der Waals surface area contributed by atoms with E-state index in [1.807, 2.05) is 51.1 Å². The van der Waals surface area contributed by atoms with E-state index >= 15 is 0 Å². The third-order valence-electron chi connectivity index (χ3n) is 2.18. The third kappa shape index (κ3) is 3.66. The minimum Gasteiger partial charge on any atom is -0.350 e. The molecule has 0 aliphatic rings. The summed E-state index contributed by atoms with van der Waals surface area (Å²) >= 11 is 0. The number of benzene rings is 1. The van der Waals surface area contributed by atoms with Crippen LogP contribution in [0.15, 0.2) is 30.3 Å². The first-order chi connectivity index (χ1) is 7.44. The fraction of sp³-hybridized carbons (Fsp3) is 0.462. The van der Waals surface area contributed by atoms with Gasteiger partial charge in [-0.25, -0.2) is 0 Å². The molecule has 0 spiro atoms. The molecule has 0 aliphatic heterocycles. The first-order valence-corrected chi connectivity index (χ1v) is 5.48. The molecule has 0 aromatic heterocycles. The number of nitrogens with one attached hydrogen (secondary N) is 2. The minimum atomic E-state index is -0.291. The zero-order valence-electron chi connectivity index (χ0n) is 10.4. The summed E-state index contributed by atoms with van der Waals surface area (Å²) in [5.74, 6) is 0.00111. The number of hydrogen-bond donors (Lipinski definition) is 2. The van der Waals surface area contributed by atoms with Crippen LogP contribution in [-0.4, -0.2) is 18.5 Å². The summed E-state index contributed by atoms with van der Waals surface area (Å²) in [6, 6.07) is 9.42. The van der Waals surface area contributed by atoms with Gasteiger partial charge in [0, 0.05) is 5.54 Å². The Morgan fingerprint density at radius 2 is 1.75 bits per heavy atom. The van der Waals surface area contributed by atoms with Crippen molar-refractivity contribution < 1.29 is 4.79 Å². The van der Waals surface area contributed by atoms with E-state index in [9.17, 15) is 4.79 Å².